The molecule has 0 atom stereocenters. The van der Waals surface area contributed by atoms with E-state index in [-0.39, 0.29) is 12.5 Å². The molecule has 130 valence electrons. The van der Waals surface area contributed by atoms with Crippen LogP contribution in [0.25, 0.3) is 6.08 Å². The zero-order valence-corrected chi connectivity index (χ0v) is 14.3. The number of para-hydroxylation sites is 1. The molecule has 0 saturated heterocycles. The first-order valence-electron chi connectivity index (χ1n) is 7.99. The van der Waals surface area contributed by atoms with E-state index >= 15 is 0 Å². The van der Waals surface area contributed by atoms with Crippen molar-refractivity contribution < 1.29 is 19.1 Å². The molecule has 0 aliphatic rings. The number of aryl methyl sites for hydroxylation is 1. The average molecular weight is 339 g/mol. The van der Waals surface area contributed by atoms with E-state index in [2.05, 4.69) is 12.2 Å². The summed E-state index contributed by atoms with van der Waals surface area (Å²) in [5.74, 6) is -0.328. The second-order valence-electron chi connectivity index (χ2n) is 5.28. The quantitative estimate of drug-likeness (QED) is 0.620. The van der Waals surface area contributed by atoms with E-state index in [1.54, 1.807) is 19.3 Å². The first-order valence-corrected chi connectivity index (χ1v) is 7.99. The lowest BCUT2D eigenvalue weighted by Gasteiger charge is -2.06. The van der Waals surface area contributed by atoms with Crippen LogP contribution in [-0.2, 0) is 20.7 Å². The number of hydrogen-bond donors (Lipinski definition) is 1. The molecule has 0 aliphatic carbocycles. The highest BCUT2D eigenvalue weighted by Crippen LogP contribution is 2.18. The second-order valence-corrected chi connectivity index (χ2v) is 5.28. The van der Waals surface area contributed by atoms with Gasteiger partial charge in [0.15, 0.2) is 6.61 Å². The SMILES string of the molecule is CCc1ccc(NC(=O)COC(=O)/C=C/c2ccccc2OC)cc1. The summed E-state index contributed by atoms with van der Waals surface area (Å²) in [6, 6.07) is 14.8. The van der Waals surface area contributed by atoms with Crippen LogP contribution in [0.1, 0.15) is 18.1 Å². The van der Waals surface area contributed by atoms with Gasteiger partial charge in [-0.25, -0.2) is 4.79 Å². The van der Waals surface area contributed by atoms with Crippen molar-refractivity contribution in [3.05, 3.63) is 65.7 Å². The van der Waals surface area contributed by atoms with Gasteiger partial charge < -0.3 is 14.8 Å². The molecule has 2 rings (SSSR count). The van der Waals surface area contributed by atoms with Crippen LogP contribution in [0, 0.1) is 0 Å². The van der Waals surface area contributed by atoms with Crippen molar-refractivity contribution in [1.29, 1.82) is 0 Å². The van der Waals surface area contributed by atoms with Crippen molar-refractivity contribution in [3.63, 3.8) is 0 Å². The fraction of sp³-hybridized carbons (Fsp3) is 0.200. The van der Waals surface area contributed by atoms with E-state index in [0.29, 0.717) is 11.4 Å². The summed E-state index contributed by atoms with van der Waals surface area (Å²) in [5, 5.41) is 2.68. The molecule has 0 aliphatic heterocycles. The average Bonchev–Trinajstić information content (AvgIpc) is 2.65. The summed E-state index contributed by atoms with van der Waals surface area (Å²) in [7, 11) is 1.56. The minimum Gasteiger partial charge on any atom is -0.496 e. The van der Waals surface area contributed by atoms with Gasteiger partial charge in [0.2, 0.25) is 0 Å². The van der Waals surface area contributed by atoms with Gasteiger partial charge in [-0.15, -0.1) is 0 Å². The highest BCUT2D eigenvalue weighted by atomic mass is 16.5. The smallest absolute Gasteiger partial charge is 0.331 e. The van der Waals surface area contributed by atoms with E-state index < -0.39 is 5.97 Å². The van der Waals surface area contributed by atoms with E-state index in [1.807, 2.05) is 42.5 Å². The molecular formula is C20H21NO4. The van der Waals surface area contributed by atoms with Gasteiger partial charge >= 0.3 is 5.97 Å². The number of esters is 1. The Hall–Kier alpha value is -3.08. The van der Waals surface area contributed by atoms with E-state index in [0.717, 1.165) is 12.0 Å². The van der Waals surface area contributed by atoms with Crippen LogP contribution >= 0.6 is 0 Å². The van der Waals surface area contributed by atoms with Gasteiger partial charge in [-0.3, -0.25) is 4.79 Å². The van der Waals surface area contributed by atoms with E-state index in [4.69, 9.17) is 9.47 Å². The molecule has 2 aromatic rings. The predicted molar refractivity (Wildman–Crippen MR) is 97.4 cm³/mol. The molecule has 0 heterocycles. The fourth-order valence-electron chi connectivity index (χ4n) is 2.17. The Bertz CT molecular complexity index is 751. The van der Waals surface area contributed by atoms with Crippen molar-refractivity contribution in [1.82, 2.24) is 0 Å². The van der Waals surface area contributed by atoms with Crippen molar-refractivity contribution in [2.75, 3.05) is 19.0 Å². The lowest BCUT2D eigenvalue weighted by molar-refractivity contribution is -0.142. The minimum absolute atomic E-state index is 0.343. The molecule has 0 bridgehead atoms. The van der Waals surface area contributed by atoms with Crippen LogP contribution in [0.2, 0.25) is 0 Å². The van der Waals surface area contributed by atoms with Crippen LogP contribution in [0.3, 0.4) is 0 Å². The normalized spacial score (nSPS) is 10.5. The lowest BCUT2D eigenvalue weighted by atomic mass is 10.1. The maximum atomic E-state index is 11.8. The third kappa shape index (κ3) is 5.80. The number of carbonyl (C=O) groups excluding carboxylic acids is 2. The third-order valence-electron chi connectivity index (χ3n) is 3.53. The molecule has 1 amide bonds. The highest BCUT2D eigenvalue weighted by Gasteiger charge is 2.06. The molecule has 0 fully saturated rings. The summed E-state index contributed by atoms with van der Waals surface area (Å²) in [4.78, 5) is 23.5. The van der Waals surface area contributed by atoms with Crippen LogP contribution in [0.4, 0.5) is 5.69 Å². The van der Waals surface area contributed by atoms with Gasteiger partial charge in [-0.1, -0.05) is 37.3 Å². The maximum absolute atomic E-state index is 11.8. The Morgan fingerprint density at radius 1 is 1.08 bits per heavy atom. The summed E-state index contributed by atoms with van der Waals surface area (Å²) in [6.45, 7) is 1.72. The standard InChI is InChI=1S/C20H21NO4/c1-3-15-8-11-17(12-9-15)21-19(22)14-25-20(23)13-10-16-6-4-5-7-18(16)24-2/h4-13H,3,14H2,1-2H3,(H,21,22)/b13-10+. The molecular weight excluding hydrogens is 318 g/mol. The van der Waals surface area contributed by atoms with Crippen molar-refractivity contribution in [2.45, 2.75) is 13.3 Å². The summed E-state index contributed by atoms with van der Waals surface area (Å²) in [5.41, 5.74) is 2.61. The Morgan fingerprint density at radius 2 is 1.80 bits per heavy atom. The number of carbonyl (C=O) groups is 2. The lowest BCUT2D eigenvalue weighted by Crippen LogP contribution is -2.20. The van der Waals surface area contributed by atoms with Crippen molar-refractivity contribution in [2.24, 2.45) is 0 Å². The van der Waals surface area contributed by atoms with Crippen LogP contribution in [0.15, 0.2) is 54.6 Å². The molecule has 0 unspecified atom stereocenters. The number of benzene rings is 2. The molecule has 0 saturated carbocycles. The molecule has 25 heavy (non-hydrogen) atoms. The van der Waals surface area contributed by atoms with Gasteiger partial charge in [-0.2, -0.15) is 0 Å². The number of rotatable bonds is 7. The number of ether oxygens (including phenoxy) is 2. The van der Waals surface area contributed by atoms with Gasteiger partial charge in [0, 0.05) is 17.3 Å². The van der Waals surface area contributed by atoms with Gasteiger partial charge in [0.25, 0.3) is 5.91 Å². The molecule has 0 aromatic heterocycles. The van der Waals surface area contributed by atoms with Crippen molar-refractivity contribution >= 4 is 23.6 Å². The number of amides is 1. The zero-order valence-electron chi connectivity index (χ0n) is 14.3. The third-order valence-corrected chi connectivity index (χ3v) is 3.53. The largest absolute Gasteiger partial charge is 0.496 e. The molecule has 2 aromatic carbocycles. The summed E-state index contributed by atoms with van der Waals surface area (Å²) in [6.07, 6.45) is 3.79. The second kappa shape index (κ2) is 9.27. The fourth-order valence-corrected chi connectivity index (χ4v) is 2.17. The molecule has 1 N–H and O–H groups in total. The highest BCUT2D eigenvalue weighted by molar-refractivity contribution is 5.94. The number of nitrogens with one attached hydrogen (secondary N) is 1. The molecule has 5 heteroatoms. The Balaban J connectivity index is 1.82. The van der Waals surface area contributed by atoms with Crippen LogP contribution < -0.4 is 10.1 Å². The first kappa shape index (κ1) is 18.3. The zero-order chi connectivity index (χ0) is 18.1. The van der Waals surface area contributed by atoms with Crippen LogP contribution in [0.5, 0.6) is 5.75 Å². The summed E-state index contributed by atoms with van der Waals surface area (Å²) < 4.78 is 10.1. The monoisotopic (exact) mass is 339 g/mol. The van der Waals surface area contributed by atoms with Gasteiger partial charge in [-0.05, 0) is 36.3 Å². The van der Waals surface area contributed by atoms with E-state index in [1.165, 1.54) is 11.6 Å². The molecule has 0 radical (unpaired) electrons. The minimum atomic E-state index is -0.595. The van der Waals surface area contributed by atoms with Gasteiger partial charge in [0.1, 0.15) is 5.75 Å². The topological polar surface area (TPSA) is 64.6 Å². The molecule has 5 nitrogen and oxygen atoms in total. The van der Waals surface area contributed by atoms with Gasteiger partial charge in [0.05, 0.1) is 7.11 Å². The molecule has 0 spiro atoms. The number of anilines is 1. The Kier molecular flexibility index (Phi) is 6.77. The van der Waals surface area contributed by atoms with Crippen molar-refractivity contribution in [3.8, 4) is 5.75 Å². The van der Waals surface area contributed by atoms with Crippen LogP contribution in [-0.4, -0.2) is 25.6 Å². The Morgan fingerprint density at radius 3 is 2.48 bits per heavy atom. The maximum Gasteiger partial charge on any atom is 0.331 e. The Labute approximate surface area is 147 Å². The van der Waals surface area contributed by atoms with E-state index in [9.17, 15) is 9.59 Å². The number of methoxy groups -OCH3 is 1. The first-order chi connectivity index (χ1) is 12.1. The summed E-state index contributed by atoms with van der Waals surface area (Å²) >= 11 is 0. The predicted octanol–water partition coefficient (Wildman–Crippen LogP) is 3.45. The number of hydrogen-bond acceptors (Lipinski definition) is 4.